The first-order valence-corrected chi connectivity index (χ1v) is 4.36. The van der Waals surface area contributed by atoms with Crippen molar-refractivity contribution in [3.05, 3.63) is 28.8 Å². The van der Waals surface area contributed by atoms with Crippen molar-refractivity contribution in [2.24, 2.45) is 4.99 Å². The highest BCUT2D eigenvalue weighted by molar-refractivity contribution is 5.42. The van der Waals surface area contributed by atoms with Gasteiger partial charge in [-0.2, -0.15) is 0 Å². The summed E-state index contributed by atoms with van der Waals surface area (Å²) in [6.07, 6.45) is 1.54. The van der Waals surface area contributed by atoms with Crippen LogP contribution in [0.5, 0.6) is 5.75 Å². The highest BCUT2D eigenvalue weighted by Crippen LogP contribution is 2.21. The van der Waals surface area contributed by atoms with Crippen LogP contribution in [0.3, 0.4) is 0 Å². The Bertz CT molecular complexity index is 356. The van der Waals surface area contributed by atoms with E-state index in [4.69, 9.17) is 4.74 Å². The average molecular weight is 191 g/mol. The Balaban J connectivity index is 3.11. The number of hydrogen-bond donors (Lipinski definition) is 0. The molecular formula is C11H13NO2. The number of rotatable bonds is 3. The van der Waals surface area contributed by atoms with E-state index < -0.39 is 0 Å². The predicted molar refractivity (Wildman–Crippen MR) is 54.3 cm³/mol. The van der Waals surface area contributed by atoms with Crippen LogP contribution in [0.1, 0.15) is 16.7 Å². The van der Waals surface area contributed by atoms with Crippen molar-refractivity contribution in [2.45, 2.75) is 20.4 Å². The van der Waals surface area contributed by atoms with Gasteiger partial charge in [-0.1, -0.05) is 0 Å². The van der Waals surface area contributed by atoms with E-state index in [-0.39, 0.29) is 0 Å². The number of hydrogen-bond acceptors (Lipinski definition) is 3. The van der Waals surface area contributed by atoms with Crippen molar-refractivity contribution in [1.82, 2.24) is 0 Å². The zero-order valence-electron chi connectivity index (χ0n) is 8.63. The largest absolute Gasteiger partial charge is 0.497 e. The Morgan fingerprint density at radius 1 is 1.36 bits per heavy atom. The Hall–Kier alpha value is -1.60. The van der Waals surface area contributed by atoms with Gasteiger partial charge in [-0.25, -0.2) is 9.79 Å². The number of ether oxygens (including phenoxy) is 1. The summed E-state index contributed by atoms with van der Waals surface area (Å²) in [7, 11) is 1.64. The van der Waals surface area contributed by atoms with Crippen LogP contribution >= 0.6 is 0 Å². The van der Waals surface area contributed by atoms with Gasteiger partial charge >= 0.3 is 0 Å². The number of carbonyl (C=O) groups excluding carboxylic acids is 1. The molecule has 0 aliphatic carbocycles. The van der Waals surface area contributed by atoms with Crippen LogP contribution in [0, 0.1) is 13.8 Å². The fourth-order valence-electron chi connectivity index (χ4n) is 1.43. The molecule has 0 N–H and O–H groups in total. The maximum atomic E-state index is 10.0. The first-order valence-electron chi connectivity index (χ1n) is 4.36. The molecule has 0 atom stereocenters. The van der Waals surface area contributed by atoms with Gasteiger partial charge in [0.2, 0.25) is 6.08 Å². The number of aliphatic imine (C=N–C) groups is 1. The third-order valence-electron chi connectivity index (χ3n) is 2.21. The molecule has 0 bridgehead atoms. The minimum atomic E-state index is 0.394. The maximum Gasteiger partial charge on any atom is 0.235 e. The minimum absolute atomic E-state index is 0.394. The highest BCUT2D eigenvalue weighted by atomic mass is 16.5. The van der Waals surface area contributed by atoms with Crippen molar-refractivity contribution in [1.29, 1.82) is 0 Å². The lowest BCUT2D eigenvalue weighted by molar-refractivity contribution is 0.414. The van der Waals surface area contributed by atoms with Gasteiger partial charge in [0.1, 0.15) is 5.75 Å². The average Bonchev–Trinajstić information content (AvgIpc) is 2.16. The Morgan fingerprint density at radius 3 is 2.36 bits per heavy atom. The second-order valence-electron chi connectivity index (χ2n) is 3.15. The topological polar surface area (TPSA) is 38.7 Å². The van der Waals surface area contributed by atoms with Crippen LogP contribution in [-0.4, -0.2) is 13.2 Å². The number of methoxy groups -OCH3 is 1. The van der Waals surface area contributed by atoms with Gasteiger partial charge in [-0.15, -0.1) is 0 Å². The van der Waals surface area contributed by atoms with Crippen LogP contribution < -0.4 is 4.74 Å². The Labute approximate surface area is 83.4 Å². The molecule has 1 rings (SSSR count). The molecule has 3 heteroatoms. The molecule has 0 heterocycles. The third-order valence-corrected chi connectivity index (χ3v) is 2.21. The molecule has 1 aromatic rings. The van der Waals surface area contributed by atoms with Gasteiger partial charge in [0, 0.05) is 0 Å². The lowest BCUT2D eigenvalue weighted by Crippen LogP contribution is -1.94. The van der Waals surface area contributed by atoms with E-state index in [2.05, 4.69) is 4.99 Å². The molecule has 0 spiro atoms. The predicted octanol–water partition coefficient (Wildman–Crippen LogP) is 2.15. The van der Waals surface area contributed by atoms with E-state index in [0.717, 1.165) is 22.4 Å². The normalized spacial score (nSPS) is 9.36. The molecule has 14 heavy (non-hydrogen) atoms. The number of benzene rings is 1. The second kappa shape index (κ2) is 4.58. The van der Waals surface area contributed by atoms with Crippen LogP contribution in [0.4, 0.5) is 0 Å². The smallest absolute Gasteiger partial charge is 0.235 e. The Morgan fingerprint density at radius 2 is 1.93 bits per heavy atom. The van der Waals surface area contributed by atoms with E-state index in [1.54, 1.807) is 13.2 Å². The SMILES string of the molecule is COc1cc(C)c(CN=C=O)c(C)c1. The molecule has 0 radical (unpaired) electrons. The highest BCUT2D eigenvalue weighted by Gasteiger charge is 2.04. The molecule has 0 aliphatic rings. The monoisotopic (exact) mass is 191 g/mol. The number of isocyanates is 1. The quantitative estimate of drug-likeness (QED) is 0.542. The van der Waals surface area contributed by atoms with Crippen molar-refractivity contribution in [3.63, 3.8) is 0 Å². The number of aryl methyl sites for hydroxylation is 2. The van der Waals surface area contributed by atoms with Gasteiger partial charge in [0.05, 0.1) is 13.7 Å². The summed E-state index contributed by atoms with van der Waals surface area (Å²) < 4.78 is 5.13. The first-order chi connectivity index (χ1) is 6.69. The van der Waals surface area contributed by atoms with Crippen LogP contribution in [0.15, 0.2) is 17.1 Å². The summed E-state index contributed by atoms with van der Waals surface area (Å²) in [5.74, 6) is 0.832. The second-order valence-corrected chi connectivity index (χ2v) is 3.15. The van der Waals surface area contributed by atoms with Crippen LogP contribution in [0.2, 0.25) is 0 Å². The summed E-state index contributed by atoms with van der Waals surface area (Å²) >= 11 is 0. The van der Waals surface area contributed by atoms with Crippen LogP contribution in [0.25, 0.3) is 0 Å². The minimum Gasteiger partial charge on any atom is -0.497 e. The molecule has 3 nitrogen and oxygen atoms in total. The molecular weight excluding hydrogens is 178 g/mol. The van der Waals surface area contributed by atoms with E-state index >= 15 is 0 Å². The van der Waals surface area contributed by atoms with Gasteiger partial charge in [0.25, 0.3) is 0 Å². The molecule has 1 aromatic carbocycles. The van der Waals surface area contributed by atoms with Crippen molar-refractivity contribution in [2.75, 3.05) is 7.11 Å². The number of nitrogens with zero attached hydrogens (tertiary/aromatic N) is 1. The van der Waals surface area contributed by atoms with Crippen molar-refractivity contribution >= 4 is 6.08 Å². The molecule has 0 aliphatic heterocycles. The van der Waals surface area contributed by atoms with Crippen molar-refractivity contribution < 1.29 is 9.53 Å². The van der Waals surface area contributed by atoms with E-state index in [1.165, 1.54) is 0 Å². The molecule has 0 saturated carbocycles. The fraction of sp³-hybridized carbons (Fsp3) is 0.364. The van der Waals surface area contributed by atoms with Gasteiger partial charge in [-0.3, -0.25) is 0 Å². The lowest BCUT2D eigenvalue weighted by atomic mass is 10.0. The summed E-state index contributed by atoms with van der Waals surface area (Å²) in [5, 5.41) is 0. The zero-order chi connectivity index (χ0) is 10.6. The summed E-state index contributed by atoms with van der Waals surface area (Å²) in [5.41, 5.74) is 3.23. The van der Waals surface area contributed by atoms with E-state index in [9.17, 15) is 4.79 Å². The van der Waals surface area contributed by atoms with Gasteiger partial charge < -0.3 is 4.74 Å². The lowest BCUT2D eigenvalue weighted by Gasteiger charge is -2.09. The molecule has 0 saturated heterocycles. The van der Waals surface area contributed by atoms with E-state index in [0.29, 0.717) is 6.54 Å². The summed E-state index contributed by atoms with van der Waals surface area (Å²) in [6, 6.07) is 3.87. The molecule has 0 fully saturated rings. The fourth-order valence-corrected chi connectivity index (χ4v) is 1.43. The van der Waals surface area contributed by atoms with E-state index in [1.807, 2.05) is 26.0 Å². The van der Waals surface area contributed by atoms with Gasteiger partial charge in [-0.05, 0) is 42.7 Å². The zero-order valence-corrected chi connectivity index (χ0v) is 8.63. The third kappa shape index (κ3) is 2.21. The molecule has 0 unspecified atom stereocenters. The van der Waals surface area contributed by atoms with Crippen LogP contribution in [-0.2, 0) is 11.3 Å². The molecule has 74 valence electrons. The standard InChI is InChI=1S/C11H13NO2/c1-8-4-10(14-3)5-9(2)11(8)6-12-7-13/h4-5H,6H2,1-3H3. The van der Waals surface area contributed by atoms with Gasteiger partial charge in [0.15, 0.2) is 0 Å². The summed E-state index contributed by atoms with van der Waals surface area (Å²) in [4.78, 5) is 13.6. The van der Waals surface area contributed by atoms with Crippen molar-refractivity contribution in [3.8, 4) is 5.75 Å². The molecule has 0 amide bonds. The molecule has 0 aromatic heterocycles. The first kappa shape index (κ1) is 10.5. The Kier molecular flexibility index (Phi) is 3.43. The maximum absolute atomic E-state index is 10.0. The summed E-state index contributed by atoms with van der Waals surface area (Å²) in [6.45, 7) is 4.35.